The third-order valence-electron chi connectivity index (χ3n) is 6.00. The molecule has 0 bridgehead atoms. The zero-order valence-electron chi connectivity index (χ0n) is 15.9. The van der Waals surface area contributed by atoms with Gasteiger partial charge < -0.3 is 24.4 Å². The molecule has 27 heavy (non-hydrogen) atoms. The minimum atomic E-state index is -0.390. The third-order valence-corrected chi connectivity index (χ3v) is 6.00. The van der Waals surface area contributed by atoms with E-state index in [1.165, 1.54) is 6.20 Å². The number of ether oxygens (including phenoxy) is 2. The summed E-state index contributed by atoms with van der Waals surface area (Å²) in [5.74, 6) is 0.536. The summed E-state index contributed by atoms with van der Waals surface area (Å²) in [4.78, 5) is 12.8. The predicted molar refractivity (Wildman–Crippen MR) is 99.6 cm³/mol. The van der Waals surface area contributed by atoms with Gasteiger partial charge in [-0.1, -0.05) is 6.92 Å². The number of aromatic nitrogens is 2. The van der Waals surface area contributed by atoms with Crippen molar-refractivity contribution < 1.29 is 19.0 Å². The zero-order chi connectivity index (χ0) is 18.9. The van der Waals surface area contributed by atoms with Gasteiger partial charge in [0.1, 0.15) is 0 Å². The highest BCUT2D eigenvalue weighted by molar-refractivity contribution is 5.45. The van der Waals surface area contributed by atoms with Crippen molar-refractivity contribution in [2.75, 3.05) is 49.2 Å². The molecule has 1 spiro atoms. The lowest BCUT2D eigenvalue weighted by molar-refractivity contribution is -0.171. The fourth-order valence-electron chi connectivity index (χ4n) is 4.45. The van der Waals surface area contributed by atoms with Crippen LogP contribution in [0.3, 0.4) is 0 Å². The fraction of sp³-hybridized carbons (Fsp3) is 0.789. The highest BCUT2D eigenvalue weighted by Gasteiger charge is 2.43. The van der Waals surface area contributed by atoms with Crippen LogP contribution in [0.2, 0.25) is 0 Å². The van der Waals surface area contributed by atoms with Gasteiger partial charge in [0.25, 0.3) is 0 Å². The maximum atomic E-state index is 14.3. The van der Waals surface area contributed by atoms with E-state index in [9.17, 15) is 9.50 Å². The lowest BCUT2D eigenvalue weighted by Crippen LogP contribution is -2.53. The molecule has 0 amide bonds. The van der Waals surface area contributed by atoms with Crippen molar-refractivity contribution in [3.63, 3.8) is 0 Å². The van der Waals surface area contributed by atoms with Crippen molar-refractivity contribution in [1.29, 1.82) is 0 Å². The van der Waals surface area contributed by atoms with E-state index in [2.05, 4.69) is 21.8 Å². The Morgan fingerprint density at radius 1 is 1.22 bits per heavy atom. The summed E-state index contributed by atoms with van der Waals surface area (Å²) in [6, 6.07) is 0. The number of aliphatic hydroxyl groups is 1. The molecule has 0 aliphatic carbocycles. The van der Waals surface area contributed by atoms with Crippen molar-refractivity contribution >= 4 is 11.8 Å². The van der Waals surface area contributed by atoms with Gasteiger partial charge >= 0.3 is 0 Å². The molecule has 3 fully saturated rings. The van der Waals surface area contributed by atoms with E-state index in [0.29, 0.717) is 44.5 Å². The van der Waals surface area contributed by atoms with Crippen LogP contribution in [0.4, 0.5) is 16.2 Å². The van der Waals surface area contributed by atoms with Crippen molar-refractivity contribution in [2.45, 2.75) is 56.8 Å². The van der Waals surface area contributed by atoms with Gasteiger partial charge in [-0.25, -0.2) is 9.37 Å². The van der Waals surface area contributed by atoms with Crippen LogP contribution in [0.25, 0.3) is 0 Å². The number of hydrogen-bond donors (Lipinski definition) is 1. The molecule has 1 aromatic heterocycles. The van der Waals surface area contributed by atoms with Crippen LogP contribution < -0.4 is 9.80 Å². The largest absolute Gasteiger partial charge is 0.393 e. The lowest BCUT2D eigenvalue weighted by Gasteiger charge is -2.47. The molecule has 150 valence electrons. The molecule has 8 heteroatoms. The molecular formula is C19H29FN4O3. The summed E-state index contributed by atoms with van der Waals surface area (Å²) in [7, 11) is 0. The Morgan fingerprint density at radius 3 is 2.67 bits per heavy atom. The molecule has 0 unspecified atom stereocenters. The van der Waals surface area contributed by atoms with Gasteiger partial charge in [-0.3, -0.25) is 0 Å². The molecule has 0 radical (unpaired) electrons. The fourth-order valence-corrected chi connectivity index (χ4v) is 4.45. The Balaban J connectivity index is 1.45. The van der Waals surface area contributed by atoms with E-state index in [-0.39, 0.29) is 17.8 Å². The van der Waals surface area contributed by atoms with Crippen molar-refractivity contribution in [3.8, 4) is 0 Å². The normalized spacial score (nSPS) is 28.6. The first-order valence-corrected chi connectivity index (χ1v) is 10.0. The molecule has 4 heterocycles. The Morgan fingerprint density at radius 2 is 1.96 bits per heavy atom. The van der Waals surface area contributed by atoms with Crippen LogP contribution in [0.1, 0.15) is 39.0 Å². The average Bonchev–Trinajstić information content (AvgIpc) is 2.69. The van der Waals surface area contributed by atoms with E-state index in [1.807, 2.05) is 4.90 Å². The summed E-state index contributed by atoms with van der Waals surface area (Å²) < 4.78 is 26.0. The summed E-state index contributed by atoms with van der Waals surface area (Å²) in [5, 5.41) is 10.2. The first-order chi connectivity index (χ1) is 13.1. The standard InChI is InChI=1S/C19H29FN4O3/c1-2-15-11-14(25)12-19(27-15)3-5-24(6-4-19)18-21-13-16(20)17(22-18)23-7-9-26-10-8-23/h13-15,25H,2-12H2,1H3/t14-,15+/m1/s1. The summed E-state index contributed by atoms with van der Waals surface area (Å²) >= 11 is 0. The predicted octanol–water partition coefficient (Wildman–Crippen LogP) is 1.74. The van der Waals surface area contributed by atoms with Gasteiger partial charge in [0.15, 0.2) is 11.6 Å². The summed E-state index contributed by atoms with van der Waals surface area (Å²) in [5.41, 5.74) is -0.248. The average molecular weight is 380 g/mol. The number of morpholine rings is 1. The van der Waals surface area contributed by atoms with Gasteiger partial charge in [-0.2, -0.15) is 4.98 Å². The van der Waals surface area contributed by atoms with Crippen molar-refractivity contribution in [1.82, 2.24) is 9.97 Å². The second-order valence-electron chi connectivity index (χ2n) is 7.85. The summed E-state index contributed by atoms with van der Waals surface area (Å²) in [6.07, 6.45) is 5.12. The van der Waals surface area contributed by atoms with Crippen LogP contribution >= 0.6 is 0 Å². The number of aliphatic hydroxyl groups excluding tert-OH is 1. The van der Waals surface area contributed by atoms with E-state index in [4.69, 9.17) is 9.47 Å². The van der Waals surface area contributed by atoms with Crippen LogP contribution in [-0.4, -0.2) is 72.3 Å². The Labute approximate surface area is 159 Å². The quantitative estimate of drug-likeness (QED) is 0.856. The summed E-state index contributed by atoms with van der Waals surface area (Å²) in [6.45, 7) is 6.05. The molecule has 2 atom stereocenters. The molecule has 7 nitrogen and oxygen atoms in total. The molecular weight excluding hydrogens is 351 g/mol. The van der Waals surface area contributed by atoms with Gasteiger partial charge in [0.05, 0.1) is 37.2 Å². The Bertz CT molecular complexity index is 648. The number of piperidine rings is 1. The lowest BCUT2D eigenvalue weighted by atomic mass is 9.81. The monoisotopic (exact) mass is 380 g/mol. The van der Waals surface area contributed by atoms with E-state index in [1.54, 1.807) is 0 Å². The molecule has 3 saturated heterocycles. The van der Waals surface area contributed by atoms with Crippen LogP contribution in [0.5, 0.6) is 0 Å². The second kappa shape index (κ2) is 7.85. The van der Waals surface area contributed by atoms with Crippen LogP contribution in [0.15, 0.2) is 6.20 Å². The van der Waals surface area contributed by atoms with E-state index in [0.717, 1.165) is 38.8 Å². The van der Waals surface area contributed by atoms with Crippen molar-refractivity contribution in [2.24, 2.45) is 0 Å². The highest BCUT2D eigenvalue weighted by Crippen LogP contribution is 2.39. The Hall–Kier alpha value is -1.51. The number of nitrogens with zero attached hydrogens (tertiary/aromatic N) is 4. The first kappa shape index (κ1) is 18.8. The van der Waals surface area contributed by atoms with E-state index >= 15 is 0 Å². The molecule has 0 saturated carbocycles. The van der Waals surface area contributed by atoms with Crippen molar-refractivity contribution in [3.05, 3.63) is 12.0 Å². The number of anilines is 2. The molecule has 3 aliphatic heterocycles. The zero-order valence-corrected chi connectivity index (χ0v) is 15.9. The number of rotatable bonds is 3. The van der Waals surface area contributed by atoms with Gasteiger partial charge in [0, 0.05) is 32.6 Å². The number of hydrogen-bond acceptors (Lipinski definition) is 7. The van der Waals surface area contributed by atoms with Gasteiger partial charge in [-0.15, -0.1) is 0 Å². The van der Waals surface area contributed by atoms with Crippen LogP contribution in [0, 0.1) is 5.82 Å². The molecule has 1 N–H and O–H groups in total. The minimum absolute atomic E-state index is 0.135. The maximum Gasteiger partial charge on any atom is 0.227 e. The minimum Gasteiger partial charge on any atom is -0.393 e. The SMILES string of the molecule is CC[C@H]1C[C@@H](O)CC2(CCN(c3ncc(F)c(N4CCOCC4)n3)CC2)O1. The molecule has 4 rings (SSSR count). The molecule has 3 aliphatic rings. The molecule has 1 aromatic rings. The highest BCUT2D eigenvalue weighted by atomic mass is 19.1. The number of halogens is 1. The first-order valence-electron chi connectivity index (χ1n) is 10.0. The van der Waals surface area contributed by atoms with E-state index < -0.39 is 5.82 Å². The topological polar surface area (TPSA) is 71.0 Å². The smallest absolute Gasteiger partial charge is 0.227 e. The van der Waals surface area contributed by atoms with Gasteiger partial charge in [-0.05, 0) is 25.7 Å². The Kier molecular flexibility index (Phi) is 5.48. The third kappa shape index (κ3) is 4.02. The maximum absolute atomic E-state index is 14.3. The molecule has 0 aromatic carbocycles. The van der Waals surface area contributed by atoms with Gasteiger partial charge in [0.2, 0.25) is 5.95 Å². The van der Waals surface area contributed by atoms with Crippen LogP contribution in [-0.2, 0) is 9.47 Å². The second-order valence-corrected chi connectivity index (χ2v) is 7.85.